The van der Waals surface area contributed by atoms with Crippen LogP contribution in [-0.2, 0) is 4.79 Å². The van der Waals surface area contributed by atoms with E-state index >= 15 is 0 Å². The van der Waals surface area contributed by atoms with Crippen LogP contribution >= 0.6 is 23.4 Å². The zero-order valence-electron chi connectivity index (χ0n) is 15.1. The number of aromatic nitrogens is 2. The molecule has 1 aromatic heterocycles. The summed E-state index contributed by atoms with van der Waals surface area (Å²) in [6, 6.07) is 6.53. The molecular formula is C18H22ClN3O3S. The Bertz CT molecular complexity index is 839. The molecule has 0 aliphatic heterocycles. The molecule has 1 aromatic carbocycles. The van der Waals surface area contributed by atoms with Crippen molar-refractivity contribution in [2.24, 2.45) is 0 Å². The lowest BCUT2D eigenvalue weighted by atomic mass is 10.1. The predicted molar refractivity (Wildman–Crippen MR) is 106 cm³/mol. The molecule has 0 aliphatic rings. The average Bonchev–Trinajstić information content (AvgIpc) is 2.59. The number of thioether (sulfide) groups is 1. The van der Waals surface area contributed by atoms with Gasteiger partial charge in [0.25, 0.3) is 5.56 Å². The van der Waals surface area contributed by atoms with E-state index < -0.39 is 5.25 Å². The number of carbonyl (C=O) groups excluding carboxylic acids is 1. The maximum absolute atomic E-state index is 12.6. The standard InChI is InChI=1S/C18H22ClN3O3S/c1-5-15(26-18-21-13(10(2)3)9-16(23)22-18)17(24)20-11-6-7-14(25-4)12(19)8-11/h6-10,15H,5H2,1-4H3,(H,20,24)(H,21,22,23). The van der Waals surface area contributed by atoms with Crippen LogP contribution in [-0.4, -0.2) is 28.2 Å². The summed E-state index contributed by atoms with van der Waals surface area (Å²) in [4.78, 5) is 31.5. The third kappa shape index (κ3) is 5.25. The Hall–Kier alpha value is -1.99. The lowest BCUT2D eigenvalue weighted by molar-refractivity contribution is -0.115. The maximum atomic E-state index is 12.6. The first kappa shape index (κ1) is 20.3. The number of halogens is 1. The Balaban J connectivity index is 2.14. The third-order valence-corrected chi connectivity index (χ3v) is 5.21. The van der Waals surface area contributed by atoms with E-state index in [-0.39, 0.29) is 17.4 Å². The molecule has 1 atom stereocenters. The molecule has 1 amide bonds. The number of methoxy groups -OCH3 is 1. The van der Waals surface area contributed by atoms with E-state index in [9.17, 15) is 9.59 Å². The van der Waals surface area contributed by atoms with E-state index in [1.165, 1.54) is 24.9 Å². The second-order valence-electron chi connectivity index (χ2n) is 5.98. The van der Waals surface area contributed by atoms with Crippen molar-refractivity contribution in [2.45, 2.75) is 43.5 Å². The van der Waals surface area contributed by atoms with Crippen molar-refractivity contribution in [2.75, 3.05) is 12.4 Å². The van der Waals surface area contributed by atoms with Gasteiger partial charge in [0.05, 0.1) is 23.1 Å². The number of H-pyrrole nitrogens is 1. The van der Waals surface area contributed by atoms with Crippen molar-refractivity contribution in [1.29, 1.82) is 0 Å². The fourth-order valence-corrected chi connectivity index (χ4v) is 3.41. The summed E-state index contributed by atoms with van der Waals surface area (Å²) < 4.78 is 5.10. The monoisotopic (exact) mass is 395 g/mol. The van der Waals surface area contributed by atoms with Gasteiger partial charge in [-0.2, -0.15) is 0 Å². The first-order valence-electron chi connectivity index (χ1n) is 8.26. The zero-order valence-corrected chi connectivity index (χ0v) is 16.7. The van der Waals surface area contributed by atoms with Gasteiger partial charge in [0, 0.05) is 11.8 Å². The average molecular weight is 396 g/mol. The normalized spacial score (nSPS) is 12.1. The van der Waals surface area contributed by atoms with E-state index in [4.69, 9.17) is 16.3 Å². The molecule has 0 saturated heterocycles. The van der Waals surface area contributed by atoms with E-state index in [1.54, 1.807) is 18.2 Å². The zero-order chi connectivity index (χ0) is 19.3. The number of hydrogen-bond acceptors (Lipinski definition) is 5. The van der Waals surface area contributed by atoms with E-state index in [0.29, 0.717) is 33.7 Å². The minimum Gasteiger partial charge on any atom is -0.495 e. The van der Waals surface area contributed by atoms with Crippen molar-refractivity contribution in [3.8, 4) is 5.75 Å². The molecule has 2 aromatic rings. The predicted octanol–water partition coefficient (Wildman–Crippen LogP) is 4.06. The van der Waals surface area contributed by atoms with Crippen LogP contribution in [0, 0.1) is 0 Å². The van der Waals surface area contributed by atoms with Crippen LogP contribution in [0.5, 0.6) is 5.75 Å². The highest BCUT2D eigenvalue weighted by atomic mass is 35.5. The number of nitrogens with one attached hydrogen (secondary N) is 2. The number of carbonyl (C=O) groups is 1. The molecule has 8 heteroatoms. The molecule has 140 valence electrons. The van der Waals surface area contributed by atoms with Crippen molar-refractivity contribution < 1.29 is 9.53 Å². The van der Waals surface area contributed by atoms with Gasteiger partial charge in [0.1, 0.15) is 5.75 Å². The molecule has 26 heavy (non-hydrogen) atoms. The molecule has 2 rings (SSSR count). The largest absolute Gasteiger partial charge is 0.495 e. The summed E-state index contributed by atoms with van der Waals surface area (Å²) in [6.45, 7) is 5.84. The number of amides is 1. The summed E-state index contributed by atoms with van der Waals surface area (Å²) >= 11 is 7.33. The SMILES string of the molecule is CCC(Sc1nc(C(C)C)cc(=O)[nH]1)C(=O)Nc1ccc(OC)c(Cl)c1. The molecule has 0 radical (unpaired) electrons. The van der Waals surface area contributed by atoms with Crippen LogP contribution in [0.25, 0.3) is 0 Å². The van der Waals surface area contributed by atoms with E-state index in [2.05, 4.69) is 15.3 Å². The van der Waals surface area contributed by atoms with E-state index in [0.717, 1.165) is 0 Å². The first-order valence-corrected chi connectivity index (χ1v) is 9.52. The highest BCUT2D eigenvalue weighted by Gasteiger charge is 2.20. The van der Waals surface area contributed by atoms with Crippen LogP contribution in [0.15, 0.2) is 34.2 Å². The van der Waals surface area contributed by atoms with Crippen molar-refractivity contribution in [3.63, 3.8) is 0 Å². The number of hydrogen-bond donors (Lipinski definition) is 2. The van der Waals surface area contributed by atoms with Crippen LogP contribution in [0.2, 0.25) is 5.02 Å². The molecule has 0 saturated carbocycles. The fourth-order valence-electron chi connectivity index (χ4n) is 2.23. The highest BCUT2D eigenvalue weighted by Crippen LogP contribution is 2.28. The molecule has 0 fully saturated rings. The molecule has 0 bridgehead atoms. The lowest BCUT2D eigenvalue weighted by Gasteiger charge is -2.15. The van der Waals surface area contributed by atoms with Gasteiger partial charge in [-0.05, 0) is 30.5 Å². The Morgan fingerprint density at radius 1 is 1.38 bits per heavy atom. The minimum absolute atomic E-state index is 0.131. The number of nitrogens with zero attached hydrogens (tertiary/aromatic N) is 1. The van der Waals surface area contributed by atoms with Gasteiger partial charge in [0.2, 0.25) is 5.91 Å². The van der Waals surface area contributed by atoms with Crippen LogP contribution in [0.1, 0.15) is 38.8 Å². The highest BCUT2D eigenvalue weighted by molar-refractivity contribution is 8.00. The van der Waals surface area contributed by atoms with E-state index in [1.807, 2.05) is 20.8 Å². The molecule has 0 aliphatic carbocycles. The summed E-state index contributed by atoms with van der Waals surface area (Å²) in [5, 5.41) is 3.30. The number of aromatic amines is 1. The Morgan fingerprint density at radius 3 is 2.69 bits per heavy atom. The van der Waals surface area contributed by atoms with Crippen molar-refractivity contribution in [3.05, 3.63) is 45.3 Å². The minimum atomic E-state index is -0.401. The summed E-state index contributed by atoms with van der Waals surface area (Å²) in [6.07, 6.45) is 0.579. The summed E-state index contributed by atoms with van der Waals surface area (Å²) in [5.41, 5.74) is 1.06. The number of ether oxygens (including phenoxy) is 1. The van der Waals surface area contributed by atoms with Gasteiger partial charge >= 0.3 is 0 Å². The topological polar surface area (TPSA) is 84.1 Å². The molecule has 0 spiro atoms. The van der Waals surface area contributed by atoms with Gasteiger partial charge < -0.3 is 15.0 Å². The molecule has 1 unspecified atom stereocenters. The molecule has 6 nitrogen and oxygen atoms in total. The van der Waals surface area contributed by atoms with Crippen LogP contribution in [0.3, 0.4) is 0 Å². The number of rotatable bonds is 7. The quantitative estimate of drug-likeness (QED) is 0.545. The summed E-state index contributed by atoms with van der Waals surface area (Å²) in [7, 11) is 1.53. The Labute approximate surface area is 161 Å². The molecule has 1 heterocycles. The van der Waals surface area contributed by atoms with Crippen molar-refractivity contribution >= 4 is 35.0 Å². The Morgan fingerprint density at radius 2 is 2.12 bits per heavy atom. The third-order valence-electron chi connectivity index (χ3n) is 3.67. The van der Waals surface area contributed by atoms with Gasteiger partial charge in [-0.3, -0.25) is 9.59 Å². The van der Waals surface area contributed by atoms with Gasteiger partial charge in [-0.1, -0.05) is 44.1 Å². The smallest absolute Gasteiger partial charge is 0.251 e. The molecule has 2 N–H and O–H groups in total. The summed E-state index contributed by atoms with van der Waals surface area (Å²) in [5.74, 6) is 0.488. The molecular weight excluding hydrogens is 374 g/mol. The van der Waals surface area contributed by atoms with Gasteiger partial charge in [-0.15, -0.1) is 0 Å². The first-order chi connectivity index (χ1) is 12.3. The van der Waals surface area contributed by atoms with Gasteiger partial charge in [-0.25, -0.2) is 4.98 Å². The fraction of sp³-hybridized carbons (Fsp3) is 0.389. The van der Waals surface area contributed by atoms with Gasteiger partial charge in [0.15, 0.2) is 5.16 Å². The number of benzene rings is 1. The second-order valence-corrected chi connectivity index (χ2v) is 7.58. The second kappa shape index (κ2) is 9.09. The van der Waals surface area contributed by atoms with Crippen LogP contribution < -0.4 is 15.6 Å². The van der Waals surface area contributed by atoms with Crippen molar-refractivity contribution in [1.82, 2.24) is 9.97 Å². The lowest BCUT2D eigenvalue weighted by Crippen LogP contribution is -2.25. The van der Waals surface area contributed by atoms with Crippen LogP contribution in [0.4, 0.5) is 5.69 Å². The number of anilines is 1. The Kier molecular flexibility index (Phi) is 7.11. The maximum Gasteiger partial charge on any atom is 0.251 e.